The molecule has 0 saturated carbocycles. The summed E-state index contributed by atoms with van der Waals surface area (Å²) in [6.45, 7) is 4.83. The summed E-state index contributed by atoms with van der Waals surface area (Å²) < 4.78 is 10.4. The number of phenols is 1. The van der Waals surface area contributed by atoms with Gasteiger partial charge in [0.25, 0.3) is 0 Å². The van der Waals surface area contributed by atoms with Gasteiger partial charge in [-0.15, -0.1) is 0 Å². The summed E-state index contributed by atoms with van der Waals surface area (Å²) in [5.41, 5.74) is 3.43. The number of morpholine rings is 1. The third kappa shape index (κ3) is 4.16. The average molecular weight is 343 g/mol. The molecular weight excluding hydrogens is 322 g/mol. The molecule has 1 saturated heterocycles. The lowest BCUT2D eigenvalue weighted by Gasteiger charge is -2.28. The molecule has 1 aliphatic heterocycles. The van der Waals surface area contributed by atoms with E-state index in [-0.39, 0.29) is 5.75 Å². The van der Waals surface area contributed by atoms with Gasteiger partial charge in [0.1, 0.15) is 11.6 Å². The Balaban J connectivity index is 1.73. The Bertz CT molecular complexity index is 760. The van der Waals surface area contributed by atoms with Gasteiger partial charge in [-0.1, -0.05) is 6.07 Å². The number of rotatable bonds is 5. The fourth-order valence-corrected chi connectivity index (χ4v) is 2.54. The predicted octanol–water partition coefficient (Wildman–Crippen LogP) is 1.78. The van der Waals surface area contributed by atoms with Gasteiger partial charge in [-0.2, -0.15) is 5.10 Å². The van der Waals surface area contributed by atoms with E-state index in [0.29, 0.717) is 36.2 Å². The number of nitrogens with one attached hydrogen (secondary N) is 1. The third-order valence-corrected chi connectivity index (χ3v) is 3.79. The minimum Gasteiger partial charge on any atom is -0.504 e. The van der Waals surface area contributed by atoms with Crippen LogP contribution in [0.3, 0.4) is 0 Å². The predicted molar refractivity (Wildman–Crippen MR) is 95.7 cm³/mol. The van der Waals surface area contributed by atoms with Crippen LogP contribution in [0.4, 0.5) is 11.6 Å². The molecule has 1 aromatic carbocycles. The summed E-state index contributed by atoms with van der Waals surface area (Å²) in [6.07, 6.45) is 1.52. The van der Waals surface area contributed by atoms with Gasteiger partial charge in [0.2, 0.25) is 0 Å². The van der Waals surface area contributed by atoms with Gasteiger partial charge in [-0.05, 0) is 19.1 Å². The van der Waals surface area contributed by atoms with Gasteiger partial charge < -0.3 is 19.5 Å². The fraction of sp³-hybridized carbons (Fsp3) is 0.353. The van der Waals surface area contributed by atoms with Crippen LogP contribution in [0.2, 0.25) is 0 Å². The number of anilines is 2. The van der Waals surface area contributed by atoms with Crippen LogP contribution >= 0.6 is 0 Å². The maximum atomic E-state index is 10.1. The van der Waals surface area contributed by atoms with Crippen LogP contribution in [0.5, 0.6) is 11.5 Å². The van der Waals surface area contributed by atoms with Crippen LogP contribution in [0.15, 0.2) is 29.4 Å². The number of benzene rings is 1. The number of methoxy groups -OCH3 is 1. The van der Waals surface area contributed by atoms with E-state index in [1.54, 1.807) is 18.2 Å². The summed E-state index contributed by atoms with van der Waals surface area (Å²) >= 11 is 0. The van der Waals surface area contributed by atoms with Crippen LogP contribution in [-0.2, 0) is 4.74 Å². The number of nitrogens with zero attached hydrogens (tertiary/aromatic N) is 4. The standard InChI is InChI=1S/C17H21N5O3/c1-12-19-15(10-16(20-12)22-6-8-25-9-7-22)21-18-11-13-4-3-5-14(24-2)17(13)23/h3-5,10-11,23H,6-9H2,1-2H3,(H,19,20,21)/b18-11+. The highest BCUT2D eigenvalue weighted by atomic mass is 16.5. The van der Waals surface area contributed by atoms with Crippen molar-refractivity contribution in [2.75, 3.05) is 43.7 Å². The molecule has 3 rings (SSSR count). The van der Waals surface area contributed by atoms with E-state index < -0.39 is 0 Å². The van der Waals surface area contributed by atoms with E-state index >= 15 is 0 Å². The van der Waals surface area contributed by atoms with Crippen molar-refractivity contribution in [3.05, 3.63) is 35.7 Å². The fourth-order valence-electron chi connectivity index (χ4n) is 2.54. The van der Waals surface area contributed by atoms with E-state index in [0.717, 1.165) is 18.9 Å². The smallest absolute Gasteiger partial charge is 0.166 e. The van der Waals surface area contributed by atoms with Gasteiger partial charge in [-0.25, -0.2) is 9.97 Å². The monoisotopic (exact) mass is 343 g/mol. The molecule has 1 fully saturated rings. The number of hydrogen-bond acceptors (Lipinski definition) is 8. The third-order valence-electron chi connectivity index (χ3n) is 3.79. The molecule has 0 radical (unpaired) electrons. The number of aromatic nitrogens is 2. The lowest BCUT2D eigenvalue weighted by molar-refractivity contribution is 0.122. The first-order chi connectivity index (χ1) is 12.2. The molecule has 25 heavy (non-hydrogen) atoms. The molecule has 1 aromatic heterocycles. The minimum atomic E-state index is 0.0448. The maximum absolute atomic E-state index is 10.1. The minimum absolute atomic E-state index is 0.0448. The zero-order chi connectivity index (χ0) is 17.6. The topological polar surface area (TPSA) is 92.1 Å². The maximum Gasteiger partial charge on any atom is 0.166 e. The van der Waals surface area contributed by atoms with Crippen molar-refractivity contribution in [2.24, 2.45) is 5.10 Å². The van der Waals surface area contributed by atoms with Crippen molar-refractivity contribution in [1.82, 2.24) is 9.97 Å². The Labute approximate surface area is 146 Å². The van der Waals surface area contributed by atoms with Gasteiger partial charge in [0, 0.05) is 24.7 Å². The number of ether oxygens (including phenoxy) is 2. The Hall–Kier alpha value is -2.87. The van der Waals surface area contributed by atoms with Gasteiger partial charge >= 0.3 is 0 Å². The molecule has 1 aliphatic rings. The van der Waals surface area contributed by atoms with E-state index in [9.17, 15) is 5.11 Å². The lowest BCUT2D eigenvalue weighted by Crippen LogP contribution is -2.36. The summed E-state index contributed by atoms with van der Waals surface area (Å²) in [4.78, 5) is 11.0. The summed E-state index contributed by atoms with van der Waals surface area (Å²) in [7, 11) is 1.51. The zero-order valence-corrected chi connectivity index (χ0v) is 14.3. The van der Waals surface area contributed by atoms with Crippen LogP contribution in [0.25, 0.3) is 0 Å². The normalized spacial score (nSPS) is 14.7. The number of aromatic hydroxyl groups is 1. The SMILES string of the molecule is COc1cccc(/C=N/Nc2cc(N3CCOCC3)nc(C)n2)c1O. The first kappa shape index (κ1) is 17.0. The molecule has 0 atom stereocenters. The molecule has 132 valence electrons. The van der Waals surface area contributed by atoms with Gasteiger partial charge in [-0.3, -0.25) is 5.43 Å². The quantitative estimate of drug-likeness (QED) is 0.631. The average Bonchev–Trinajstić information content (AvgIpc) is 2.63. The second kappa shape index (κ2) is 7.80. The molecule has 0 unspecified atom stereocenters. The molecule has 0 bridgehead atoms. The number of hydrazone groups is 1. The largest absolute Gasteiger partial charge is 0.504 e. The Morgan fingerprint density at radius 2 is 2.12 bits per heavy atom. The van der Waals surface area contributed by atoms with Crippen molar-refractivity contribution in [3.8, 4) is 11.5 Å². The second-order valence-corrected chi connectivity index (χ2v) is 5.53. The van der Waals surface area contributed by atoms with Crippen LogP contribution in [-0.4, -0.2) is 54.7 Å². The molecule has 8 heteroatoms. The van der Waals surface area contributed by atoms with Crippen molar-refractivity contribution in [2.45, 2.75) is 6.92 Å². The highest BCUT2D eigenvalue weighted by molar-refractivity contribution is 5.85. The van der Waals surface area contributed by atoms with Crippen LogP contribution in [0, 0.1) is 6.92 Å². The first-order valence-corrected chi connectivity index (χ1v) is 8.01. The number of hydrogen-bond donors (Lipinski definition) is 2. The highest BCUT2D eigenvalue weighted by Crippen LogP contribution is 2.28. The molecule has 0 spiro atoms. The molecular formula is C17H21N5O3. The van der Waals surface area contributed by atoms with E-state index in [2.05, 4.69) is 25.4 Å². The van der Waals surface area contributed by atoms with Gasteiger partial charge in [0.05, 0.1) is 26.5 Å². The second-order valence-electron chi connectivity index (χ2n) is 5.53. The molecule has 0 aliphatic carbocycles. The van der Waals surface area contributed by atoms with E-state index in [1.807, 2.05) is 13.0 Å². The van der Waals surface area contributed by atoms with Crippen LogP contribution < -0.4 is 15.1 Å². The molecule has 8 nitrogen and oxygen atoms in total. The van der Waals surface area contributed by atoms with E-state index in [4.69, 9.17) is 9.47 Å². The van der Waals surface area contributed by atoms with Crippen molar-refractivity contribution >= 4 is 17.9 Å². The lowest BCUT2D eigenvalue weighted by atomic mass is 10.2. The summed E-state index contributed by atoms with van der Waals surface area (Å²) in [5.74, 6) is 2.54. The highest BCUT2D eigenvalue weighted by Gasteiger charge is 2.14. The van der Waals surface area contributed by atoms with Gasteiger partial charge in [0.15, 0.2) is 17.3 Å². The van der Waals surface area contributed by atoms with Crippen LogP contribution in [0.1, 0.15) is 11.4 Å². The zero-order valence-electron chi connectivity index (χ0n) is 14.3. The van der Waals surface area contributed by atoms with Crippen molar-refractivity contribution in [3.63, 3.8) is 0 Å². The molecule has 2 N–H and O–H groups in total. The Kier molecular flexibility index (Phi) is 5.30. The first-order valence-electron chi connectivity index (χ1n) is 8.01. The van der Waals surface area contributed by atoms with Crippen molar-refractivity contribution in [1.29, 1.82) is 0 Å². The van der Waals surface area contributed by atoms with E-state index in [1.165, 1.54) is 13.3 Å². The number of para-hydroxylation sites is 1. The molecule has 2 aromatic rings. The molecule has 0 amide bonds. The Morgan fingerprint density at radius 1 is 1.32 bits per heavy atom. The summed E-state index contributed by atoms with van der Waals surface area (Å²) in [6, 6.07) is 7.06. The van der Waals surface area contributed by atoms with Crippen molar-refractivity contribution < 1.29 is 14.6 Å². The summed E-state index contributed by atoms with van der Waals surface area (Å²) in [5, 5.41) is 14.2. The Morgan fingerprint density at radius 3 is 2.88 bits per heavy atom. The number of phenolic OH excluding ortho intramolecular Hbond substituents is 1. The number of aryl methyl sites for hydroxylation is 1. The molecule has 2 heterocycles.